The third-order valence-electron chi connectivity index (χ3n) is 3.35. The highest BCUT2D eigenvalue weighted by Gasteiger charge is 2.12. The van der Waals surface area contributed by atoms with Gasteiger partial charge < -0.3 is 14.8 Å². The molecule has 1 aromatic rings. The molecular formula is C15H24FNO2. The summed E-state index contributed by atoms with van der Waals surface area (Å²) in [6.45, 7) is 3.19. The van der Waals surface area contributed by atoms with E-state index in [4.69, 9.17) is 9.47 Å². The van der Waals surface area contributed by atoms with E-state index in [0.717, 1.165) is 25.8 Å². The first kappa shape index (κ1) is 15.8. The zero-order valence-corrected chi connectivity index (χ0v) is 12.3. The Hall–Kier alpha value is -1.29. The largest absolute Gasteiger partial charge is 0.493 e. The van der Waals surface area contributed by atoms with Crippen molar-refractivity contribution in [2.24, 2.45) is 5.92 Å². The first-order valence-corrected chi connectivity index (χ1v) is 6.67. The second-order valence-electron chi connectivity index (χ2n) is 4.83. The predicted molar refractivity (Wildman–Crippen MR) is 75.5 cm³/mol. The molecule has 0 spiro atoms. The summed E-state index contributed by atoms with van der Waals surface area (Å²) in [5.74, 6) is 1.37. The van der Waals surface area contributed by atoms with E-state index in [2.05, 4.69) is 12.2 Å². The Bertz CT molecular complexity index is 396. The zero-order valence-electron chi connectivity index (χ0n) is 12.3. The number of ether oxygens (including phenoxy) is 2. The Morgan fingerprint density at radius 3 is 2.37 bits per heavy atom. The fourth-order valence-electron chi connectivity index (χ4n) is 2.02. The van der Waals surface area contributed by atoms with E-state index in [0.29, 0.717) is 23.0 Å². The number of nitrogens with one attached hydrogen (secondary N) is 1. The molecule has 0 bridgehead atoms. The van der Waals surface area contributed by atoms with Crippen molar-refractivity contribution in [1.82, 2.24) is 5.32 Å². The molecule has 0 amide bonds. The van der Waals surface area contributed by atoms with Crippen molar-refractivity contribution in [3.05, 3.63) is 23.5 Å². The highest BCUT2D eigenvalue weighted by atomic mass is 19.1. The molecule has 108 valence electrons. The van der Waals surface area contributed by atoms with E-state index in [9.17, 15) is 4.39 Å². The minimum atomic E-state index is -0.224. The molecule has 1 atom stereocenters. The topological polar surface area (TPSA) is 30.5 Å². The van der Waals surface area contributed by atoms with Crippen molar-refractivity contribution in [2.45, 2.75) is 26.2 Å². The first-order chi connectivity index (χ1) is 9.12. The van der Waals surface area contributed by atoms with Crippen molar-refractivity contribution in [3.8, 4) is 11.5 Å². The second kappa shape index (κ2) is 8.00. The number of benzene rings is 1. The van der Waals surface area contributed by atoms with E-state index >= 15 is 0 Å². The van der Waals surface area contributed by atoms with Crippen molar-refractivity contribution < 1.29 is 13.9 Å². The minimum absolute atomic E-state index is 0.224. The molecule has 19 heavy (non-hydrogen) atoms. The molecule has 0 aliphatic carbocycles. The van der Waals surface area contributed by atoms with Gasteiger partial charge in [0.1, 0.15) is 5.82 Å². The summed E-state index contributed by atoms with van der Waals surface area (Å²) >= 11 is 0. The fourth-order valence-corrected chi connectivity index (χ4v) is 2.02. The van der Waals surface area contributed by atoms with Crippen molar-refractivity contribution in [3.63, 3.8) is 0 Å². The molecule has 0 aliphatic rings. The van der Waals surface area contributed by atoms with Gasteiger partial charge in [-0.15, -0.1) is 0 Å². The van der Waals surface area contributed by atoms with E-state index in [-0.39, 0.29) is 5.82 Å². The number of hydrogen-bond acceptors (Lipinski definition) is 3. The molecule has 1 N–H and O–H groups in total. The van der Waals surface area contributed by atoms with Crippen LogP contribution in [0.4, 0.5) is 4.39 Å². The molecule has 3 nitrogen and oxygen atoms in total. The van der Waals surface area contributed by atoms with Crippen LogP contribution < -0.4 is 14.8 Å². The van der Waals surface area contributed by atoms with Gasteiger partial charge in [0, 0.05) is 6.07 Å². The van der Waals surface area contributed by atoms with Gasteiger partial charge in [-0.3, -0.25) is 0 Å². The summed E-state index contributed by atoms with van der Waals surface area (Å²) in [5.41, 5.74) is 0.689. The lowest BCUT2D eigenvalue weighted by Crippen LogP contribution is -2.12. The predicted octanol–water partition coefficient (Wildman–Crippen LogP) is 3.02. The van der Waals surface area contributed by atoms with E-state index in [1.807, 2.05) is 7.05 Å². The monoisotopic (exact) mass is 269 g/mol. The van der Waals surface area contributed by atoms with Crippen LogP contribution in [0.2, 0.25) is 0 Å². The Morgan fingerprint density at radius 1 is 1.16 bits per heavy atom. The zero-order chi connectivity index (χ0) is 14.3. The van der Waals surface area contributed by atoms with Gasteiger partial charge >= 0.3 is 0 Å². The van der Waals surface area contributed by atoms with Crippen LogP contribution >= 0.6 is 0 Å². The third kappa shape index (κ3) is 4.71. The number of methoxy groups -OCH3 is 2. The molecule has 0 saturated carbocycles. The van der Waals surface area contributed by atoms with Crippen LogP contribution in [-0.2, 0) is 6.42 Å². The summed E-state index contributed by atoms with van der Waals surface area (Å²) in [5, 5.41) is 3.13. The van der Waals surface area contributed by atoms with Gasteiger partial charge in [-0.25, -0.2) is 4.39 Å². The van der Waals surface area contributed by atoms with Crippen LogP contribution in [0.1, 0.15) is 25.3 Å². The highest BCUT2D eigenvalue weighted by molar-refractivity contribution is 5.43. The number of rotatable bonds is 8. The van der Waals surface area contributed by atoms with Crippen LogP contribution in [0.25, 0.3) is 0 Å². The van der Waals surface area contributed by atoms with Crippen LogP contribution in [0.3, 0.4) is 0 Å². The molecule has 0 saturated heterocycles. The lowest BCUT2D eigenvalue weighted by atomic mass is 9.97. The number of halogens is 1. The molecule has 0 heterocycles. The molecule has 4 heteroatoms. The second-order valence-corrected chi connectivity index (χ2v) is 4.83. The van der Waals surface area contributed by atoms with Gasteiger partial charge in [-0.05, 0) is 50.4 Å². The molecule has 0 aliphatic heterocycles. The summed E-state index contributed by atoms with van der Waals surface area (Å²) in [7, 11) is 5.02. The van der Waals surface area contributed by atoms with Gasteiger partial charge in [0.15, 0.2) is 11.5 Å². The van der Waals surface area contributed by atoms with Gasteiger partial charge in [0.05, 0.1) is 14.2 Å². The molecule has 0 radical (unpaired) electrons. The van der Waals surface area contributed by atoms with Crippen LogP contribution in [0.15, 0.2) is 12.1 Å². The maximum absolute atomic E-state index is 13.9. The average Bonchev–Trinajstić information content (AvgIpc) is 2.43. The SMILES string of the molecule is CNCCC(C)CCc1cc(OC)c(OC)cc1F. The molecule has 0 aromatic heterocycles. The van der Waals surface area contributed by atoms with Crippen molar-refractivity contribution in [2.75, 3.05) is 27.8 Å². The fraction of sp³-hybridized carbons (Fsp3) is 0.600. The lowest BCUT2D eigenvalue weighted by Gasteiger charge is -2.13. The Labute approximate surface area is 115 Å². The maximum atomic E-state index is 13.9. The van der Waals surface area contributed by atoms with Crippen molar-refractivity contribution in [1.29, 1.82) is 0 Å². The van der Waals surface area contributed by atoms with E-state index in [1.54, 1.807) is 13.2 Å². The molecule has 1 unspecified atom stereocenters. The maximum Gasteiger partial charge on any atom is 0.163 e. The van der Waals surface area contributed by atoms with Crippen LogP contribution in [-0.4, -0.2) is 27.8 Å². The van der Waals surface area contributed by atoms with Gasteiger partial charge in [0.2, 0.25) is 0 Å². The summed E-state index contributed by atoms with van der Waals surface area (Å²) in [6.07, 6.45) is 2.79. The van der Waals surface area contributed by atoms with E-state index in [1.165, 1.54) is 13.2 Å². The third-order valence-corrected chi connectivity index (χ3v) is 3.35. The standard InChI is InChI=1S/C15H24FNO2/c1-11(7-8-17-2)5-6-12-9-14(18-3)15(19-4)10-13(12)16/h9-11,17H,5-8H2,1-4H3. The Balaban J connectivity index is 2.67. The molecule has 0 fully saturated rings. The Kier molecular flexibility index (Phi) is 6.64. The normalized spacial score (nSPS) is 12.3. The quantitative estimate of drug-likeness (QED) is 0.787. The van der Waals surface area contributed by atoms with Gasteiger partial charge in [-0.2, -0.15) is 0 Å². The summed E-state index contributed by atoms with van der Waals surface area (Å²) in [4.78, 5) is 0. The first-order valence-electron chi connectivity index (χ1n) is 6.67. The molecule has 1 rings (SSSR count). The van der Waals surface area contributed by atoms with Crippen LogP contribution in [0, 0.1) is 11.7 Å². The minimum Gasteiger partial charge on any atom is -0.493 e. The van der Waals surface area contributed by atoms with Crippen LogP contribution in [0.5, 0.6) is 11.5 Å². The highest BCUT2D eigenvalue weighted by Crippen LogP contribution is 2.30. The van der Waals surface area contributed by atoms with E-state index < -0.39 is 0 Å². The Morgan fingerprint density at radius 2 is 1.79 bits per heavy atom. The molecular weight excluding hydrogens is 245 g/mol. The number of hydrogen-bond donors (Lipinski definition) is 1. The number of aryl methyl sites for hydroxylation is 1. The summed E-state index contributed by atoms with van der Waals surface area (Å²) < 4.78 is 24.2. The van der Waals surface area contributed by atoms with Gasteiger partial charge in [0.25, 0.3) is 0 Å². The average molecular weight is 269 g/mol. The molecule has 1 aromatic carbocycles. The lowest BCUT2D eigenvalue weighted by molar-refractivity contribution is 0.351. The van der Waals surface area contributed by atoms with Crippen molar-refractivity contribution >= 4 is 0 Å². The van der Waals surface area contributed by atoms with Gasteiger partial charge in [-0.1, -0.05) is 6.92 Å². The smallest absolute Gasteiger partial charge is 0.163 e. The summed E-state index contributed by atoms with van der Waals surface area (Å²) in [6, 6.07) is 3.13.